The molecule has 1 N–H and O–H groups in total. The molecule has 0 unspecified atom stereocenters. The molecule has 0 fully saturated rings. The highest BCUT2D eigenvalue weighted by Crippen LogP contribution is 2.25. The highest BCUT2D eigenvalue weighted by atomic mass is 79.9. The lowest BCUT2D eigenvalue weighted by atomic mass is 10.5. The van der Waals surface area contributed by atoms with Gasteiger partial charge in [0.05, 0.1) is 0 Å². The molecule has 0 aromatic carbocycles. The largest absolute Gasteiger partial charge is 0.373 e. The van der Waals surface area contributed by atoms with Crippen LogP contribution in [0.15, 0.2) is 45.2 Å². The molecule has 0 spiro atoms. The summed E-state index contributed by atoms with van der Waals surface area (Å²) in [6.45, 7) is 0. The van der Waals surface area contributed by atoms with E-state index in [-0.39, 0.29) is 0 Å². The first-order valence-electron chi connectivity index (χ1n) is 4.57. The fourth-order valence-electron chi connectivity index (χ4n) is 1.06. The predicted molar refractivity (Wildman–Crippen MR) is 67.6 cm³/mol. The number of halogens is 1. The second kappa shape index (κ2) is 5.27. The summed E-state index contributed by atoms with van der Waals surface area (Å²) in [7, 11) is 1.83. The van der Waals surface area contributed by atoms with Crippen LogP contribution in [-0.2, 0) is 0 Å². The molecule has 0 aliphatic rings. The van der Waals surface area contributed by atoms with Crippen molar-refractivity contribution in [2.45, 2.75) is 10.1 Å². The summed E-state index contributed by atoms with van der Waals surface area (Å²) in [6.07, 6.45) is 3.30. The van der Waals surface area contributed by atoms with Crippen molar-refractivity contribution in [2.24, 2.45) is 0 Å². The summed E-state index contributed by atoms with van der Waals surface area (Å²) < 4.78 is 0.968. The van der Waals surface area contributed by atoms with E-state index >= 15 is 0 Å². The minimum Gasteiger partial charge on any atom is -0.373 e. The van der Waals surface area contributed by atoms with Crippen LogP contribution < -0.4 is 5.32 Å². The number of rotatable bonds is 3. The van der Waals surface area contributed by atoms with Crippen molar-refractivity contribution in [2.75, 3.05) is 12.4 Å². The first-order valence-corrected chi connectivity index (χ1v) is 6.18. The van der Waals surface area contributed by atoms with Crippen molar-refractivity contribution in [3.8, 4) is 0 Å². The van der Waals surface area contributed by atoms with Crippen molar-refractivity contribution in [1.29, 1.82) is 0 Å². The molecule has 0 aliphatic carbocycles. The Morgan fingerprint density at radius 1 is 1.19 bits per heavy atom. The van der Waals surface area contributed by atoms with Crippen LogP contribution >= 0.6 is 27.7 Å². The molecule has 0 radical (unpaired) electrons. The van der Waals surface area contributed by atoms with Gasteiger partial charge in [0.15, 0.2) is 0 Å². The number of aromatic nitrogens is 3. The molecule has 0 amide bonds. The maximum absolute atomic E-state index is 4.26. The highest BCUT2D eigenvalue weighted by Gasteiger charge is 2.01. The Bertz CT molecular complexity index is 475. The molecule has 0 saturated carbocycles. The lowest BCUT2D eigenvalue weighted by Crippen LogP contribution is -1.93. The van der Waals surface area contributed by atoms with Crippen molar-refractivity contribution < 1.29 is 0 Å². The van der Waals surface area contributed by atoms with Gasteiger partial charge in [0, 0.05) is 23.8 Å². The second-order valence-corrected chi connectivity index (χ2v) is 4.86. The van der Waals surface area contributed by atoms with Gasteiger partial charge in [-0.3, -0.25) is 0 Å². The van der Waals surface area contributed by atoms with Gasteiger partial charge in [-0.15, -0.1) is 0 Å². The number of hydrogen-bond donors (Lipinski definition) is 1. The van der Waals surface area contributed by atoms with E-state index in [0.29, 0.717) is 0 Å². The molecule has 82 valence electrons. The van der Waals surface area contributed by atoms with Crippen LogP contribution in [-0.4, -0.2) is 22.0 Å². The molecule has 2 heterocycles. The smallest absolute Gasteiger partial charge is 0.130 e. The topological polar surface area (TPSA) is 50.7 Å². The Balaban J connectivity index is 2.16. The molecule has 0 atom stereocenters. The Labute approximate surface area is 106 Å². The Kier molecular flexibility index (Phi) is 3.74. The van der Waals surface area contributed by atoms with Crippen LogP contribution in [0.5, 0.6) is 0 Å². The molecule has 6 heteroatoms. The van der Waals surface area contributed by atoms with Crippen molar-refractivity contribution in [3.05, 3.63) is 35.2 Å². The van der Waals surface area contributed by atoms with Gasteiger partial charge in [-0.25, -0.2) is 15.0 Å². The molecular weight excluding hydrogens is 288 g/mol. The third-order valence-corrected chi connectivity index (χ3v) is 3.16. The van der Waals surface area contributed by atoms with E-state index in [1.165, 1.54) is 18.1 Å². The van der Waals surface area contributed by atoms with Gasteiger partial charge < -0.3 is 5.32 Å². The molecule has 0 aliphatic heterocycles. The Morgan fingerprint density at radius 2 is 2.06 bits per heavy atom. The minimum atomic E-state index is 0.801. The molecule has 0 bridgehead atoms. The zero-order valence-electron chi connectivity index (χ0n) is 8.51. The van der Waals surface area contributed by atoms with E-state index in [1.54, 1.807) is 6.20 Å². The summed E-state index contributed by atoms with van der Waals surface area (Å²) in [5.41, 5.74) is 0. The van der Waals surface area contributed by atoms with Crippen LogP contribution in [0.25, 0.3) is 0 Å². The summed E-state index contributed by atoms with van der Waals surface area (Å²) >= 11 is 4.85. The van der Waals surface area contributed by atoms with Gasteiger partial charge in [0.2, 0.25) is 0 Å². The number of pyridine rings is 1. The summed E-state index contributed by atoms with van der Waals surface area (Å²) in [5, 5.41) is 4.75. The standard InChI is InChI=1S/C10H9BrN4S/c1-12-8-4-10(15-6-14-8)16-9-3-2-7(11)5-13-9/h2-6H,1H3,(H,12,14,15). The van der Waals surface area contributed by atoms with E-state index in [9.17, 15) is 0 Å². The van der Waals surface area contributed by atoms with Crippen LogP contribution in [0.4, 0.5) is 5.82 Å². The normalized spacial score (nSPS) is 10.1. The van der Waals surface area contributed by atoms with E-state index < -0.39 is 0 Å². The van der Waals surface area contributed by atoms with Crippen LogP contribution in [0.3, 0.4) is 0 Å². The zero-order valence-corrected chi connectivity index (χ0v) is 10.9. The molecular formula is C10H9BrN4S. The maximum atomic E-state index is 4.26. The van der Waals surface area contributed by atoms with Crippen LogP contribution in [0.2, 0.25) is 0 Å². The summed E-state index contributed by atoms with van der Waals surface area (Å²) in [4.78, 5) is 12.5. The van der Waals surface area contributed by atoms with Gasteiger partial charge in [-0.05, 0) is 39.8 Å². The lowest BCUT2D eigenvalue weighted by Gasteiger charge is -2.02. The molecule has 2 aromatic rings. The van der Waals surface area contributed by atoms with Gasteiger partial charge in [-0.2, -0.15) is 0 Å². The first-order chi connectivity index (χ1) is 7.78. The predicted octanol–water partition coefficient (Wildman–Crippen LogP) is 2.83. The number of anilines is 1. The average Bonchev–Trinajstić information content (AvgIpc) is 2.32. The molecule has 2 rings (SSSR count). The SMILES string of the molecule is CNc1cc(Sc2ccc(Br)cn2)ncn1. The number of hydrogen-bond acceptors (Lipinski definition) is 5. The number of nitrogens with one attached hydrogen (secondary N) is 1. The Hall–Kier alpha value is -1.14. The van der Waals surface area contributed by atoms with Crippen LogP contribution in [0, 0.1) is 0 Å². The highest BCUT2D eigenvalue weighted by molar-refractivity contribution is 9.10. The van der Waals surface area contributed by atoms with Crippen molar-refractivity contribution in [1.82, 2.24) is 15.0 Å². The fourth-order valence-corrected chi connectivity index (χ4v) is 2.02. The first kappa shape index (κ1) is 11.3. The molecule has 0 saturated heterocycles. The van der Waals surface area contributed by atoms with Gasteiger partial charge in [0.1, 0.15) is 22.2 Å². The average molecular weight is 297 g/mol. The summed E-state index contributed by atoms with van der Waals surface area (Å²) in [5.74, 6) is 0.801. The maximum Gasteiger partial charge on any atom is 0.130 e. The molecule has 16 heavy (non-hydrogen) atoms. The van der Waals surface area contributed by atoms with E-state index in [0.717, 1.165) is 20.3 Å². The van der Waals surface area contributed by atoms with E-state index in [4.69, 9.17) is 0 Å². The number of nitrogens with zero attached hydrogens (tertiary/aromatic N) is 3. The van der Waals surface area contributed by atoms with E-state index in [1.807, 2.05) is 25.2 Å². The summed E-state index contributed by atoms with van der Waals surface area (Å²) in [6, 6.07) is 5.78. The lowest BCUT2D eigenvalue weighted by molar-refractivity contribution is 1.03. The minimum absolute atomic E-state index is 0.801. The van der Waals surface area contributed by atoms with E-state index in [2.05, 4.69) is 36.2 Å². The quantitative estimate of drug-likeness (QED) is 0.883. The third-order valence-electron chi connectivity index (χ3n) is 1.81. The van der Waals surface area contributed by atoms with Gasteiger partial charge in [-0.1, -0.05) is 0 Å². The van der Waals surface area contributed by atoms with Gasteiger partial charge in [0.25, 0.3) is 0 Å². The van der Waals surface area contributed by atoms with Crippen molar-refractivity contribution >= 4 is 33.5 Å². The third kappa shape index (κ3) is 2.93. The second-order valence-electron chi connectivity index (χ2n) is 2.91. The van der Waals surface area contributed by atoms with Crippen molar-refractivity contribution in [3.63, 3.8) is 0 Å². The zero-order chi connectivity index (χ0) is 11.4. The van der Waals surface area contributed by atoms with Gasteiger partial charge >= 0.3 is 0 Å². The molecule has 2 aromatic heterocycles. The Morgan fingerprint density at radius 3 is 2.75 bits per heavy atom. The van der Waals surface area contributed by atoms with Crippen LogP contribution in [0.1, 0.15) is 0 Å². The molecule has 4 nitrogen and oxygen atoms in total. The fraction of sp³-hybridized carbons (Fsp3) is 0.100. The monoisotopic (exact) mass is 296 g/mol.